The molecule has 1 saturated heterocycles. The highest BCUT2D eigenvalue weighted by atomic mass is 16.4. The van der Waals surface area contributed by atoms with Gasteiger partial charge in [-0.3, -0.25) is 14.4 Å². The third kappa shape index (κ3) is 5.89. The van der Waals surface area contributed by atoms with Gasteiger partial charge >= 0.3 is 0 Å². The lowest BCUT2D eigenvalue weighted by atomic mass is 9.75. The maximum absolute atomic E-state index is 14.4. The van der Waals surface area contributed by atoms with Crippen LogP contribution in [-0.2, 0) is 27.2 Å². The standard InChI is InChI=1S/C29H42N4O4/c1-10-20-13-11-12-14-21(20)16-29(6,7)25-28(36)33(22(15-17(2)3)26(34)31-25)24(27(35)32(8)9)23-18(4)37-19(5)30-23/h11-14,17,22,24-25H,10,15-16H2,1-9H3,(H,31,34)/t22-,24-,25+/m1/s1. The molecule has 37 heavy (non-hydrogen) atoms. The molecule has 3 rings (SSSR count). The Hall–Kier alpha value is -3.16. The topological polar surface area (TPSA) is 95.8 Å². The van der Waals surface area contributed by atoms with Crippen molar-refractivity contribution < 1.29 is 18.8 Å². The number of aromatic nitrogens is 1. The van der Waals surface area contributed by atoms with Crippen molar-refractivity contribution in [2.75, 3.05) is 14.1 Å². The van der Waals surface area contributed by atoms with E-state index in [-0.39, 0.29) is 23.6 Å². The minimum absolute atomic E-state index is 0.127. The highest BCUT2D eigenvalue weighted by Crippen LogP contribution is 2.37. The van der Waals surface area contributed by atoms with Crippen LogP contribution in [0.4, 0.5) is 0 Å². The summed E-state index contributed by atoms with van der Waals surface area (Å²) in [5, 5.41) is 3.05. The second-order valence-electron chi connectivity index (χ2n) is 11.4. The summed E-state index contributed by atoms with van der Waals surface area (Å²) in [6.07, 6.45) is 1.91. The highest BCUT2D eigenvalue weighted by molar-refractivity contribution is 6.00. The quantitative estimate of drug-likeness (QED) is 0.550. The van der Waals surface area contributed by atoms with E-state index in [2.05, 4.69) is 29.4 Å². The Balaban J connectivity index is 2.12. The Morgan fingerprint density at radius 3 is 2.30 bits per heavy atom. The molecule has 3 atom stereocenters. The summed E-state index contributed by atoms with van der Waals surface area (Å²) in [6.45, 7) is 13.6. The van der Waals surface area contributed by atoms with E-state index in [0.29, 0.717) is 30.2 Å². The molecule has 2 heterocycles. The molecule has 8 heteroatoms. The summed E-state index contributed by atoms with van der Waals surface area (Å²) in [5.41, 5.74) is 2.13. The molecule has 0 aliphatic carbocycles. The second-order valence-corrected chi connectivity index (χ2v) is 11.4. The number of hydrogen-bond donors (Lipinski definition) is 1. The van der Waals surface area contributed by atoms with Gasteiger partial charge in [0.2, 0.25) is 11.8 Å². The third-order valence-corrected chi connectivity index (χ3v) is 7.20. The van der Waals surface area contributed by atoms with Crippen LogP contribution < -0.4 is 5.32 Å². The number of oxazole rings is 1. The van der Waals surface area contributed by atoms with E-state index in [4.69, 9.17) is 4.42 Å². The Labute approximate surface area is 220 Å². The summed E-state index contributed by atoms with van der Waals surface area (Å²) in [6, 6.07) is 5.52. The first-order valence-electron chi connectivity index (χ1n) is 13.1. The predicted molar refractivity (Wildman–Crippen MR) is 143 cm³/mol. The molecule has 1 N–H and O–H groups in total. The lowest BCUT2D eigenvalue weighted by molar-refractivity contribution is -0.161. The normalized spacial score (nSPS) is 19.2. The average Bonchev–Trinajstić information content (AvgIpc) is 3.14. The molecule has 1 aromatic carbocycles. The number of aryl methyl sites for hydroxylation is 3. The van der Waals surface area contributed by atoms with E-state index < -0.39 is 23.5 Å². The third-order valence-electron chi connectivity index (χ3n) is 7.20. The molecule has 0 unspecified atom stereocenters. The SMILES string of the molecule is CCc1ccccc1CC(C)(C)[C@H]1NC(=O)[C@@H](CC(C)C)N([C@@H](C(=O)N(C)C)c2nc(C)oc2C)C1=O. The largest absolute Gasteiger partial charge is 0.446 e. The van der Waals surface area contributed by atoms with E-state index in [9.17, 15) is 14.4 Å². The van der Waals surface area contributed by atoms with Crippen LogP contribution in [0, 0.1) is 25.2 Å². The van der Waals surface area contributed by atoms with E-state index >= 15 is 0 Å². The molecule has 1 fully saturated rings. The average molecular weight is 511 g/mol. The first kappa shape index (κ1) is 28.4. The van der Waals surface area contributed by atoms with Crippen molar-refractivity contribution in [3.05, 3.63) is 52.7 Å². The molecule has 8 nitrogen and oxygen atoms in total. The predicted octanol–water partition coefficient (Wildman–Crippen LogP) is 3.99. The number of amides is 3. The number of hydrogen-bond acceptors (Lipinski definition) is 5. The first-order valence-corrected chi connectivity index (χ1v) is 13.1. The van der Waals surface area contributed by atoms with Gasteiger partial charge in [-0.05, 0) is 48.6 Å². The van der Waals surface area contributed by atoms with Gasteiger partial charge in [-0.25, -0.2) is 4.98 Å². The molecule has 0 saturated carbocycles. The fourth-order valence-corrected chi connectivity index (χ4v) is 5.31. The van der Waals surface area contributed by atoms with Crippen molar-refractivity contribution in [2.24, 2.45) is 11.3 Å². The molecule has 1 aliphatic heterocycles. The van der Waals surface area contributed by atoms with Gasteiger partial charge < -0.3 is 19.5 Å². The van der Waals surface area contributed by atoms with Crippen LogP contribution in [-0.4, -0.2) is 58.7 Å². The number of carbonyl (C=O) groups is 3. The van der Waals surface area contributed by atoms with E-state index in [0.717, 1.165) is 12.0 Å². The van der Waals surface area contributed by atoms with Crippen molar-refractivity contribution in [1.29, 1.82) is 0 Å². The van der Waals surface area contributed by atoms with Gasteiger partial charge in [0.05, 0.1) is 0 Å². The molecule has 2 aromatic rings. The zero-order chi connectivity index (χ0) is 27.7. The number of benzene rings is 1. The Kier molecular flexibility index (Phi) is 8.50. The minimum Gasteiger partial charge on any atom is -0.446 e. The summed E-state index contributed by atoms with van der Waals surface area (Å²) < 4.78 is 5.67. The Morgan fingerprint density at radius 1 is 1.16 bits per heavy atom. The number of rotatable bonds is 9. The van der Waals surface area contributed by atoms with Gasteiger partial charge in [-0.2, -0.15) is 0 Å². The molecule has 0 spiro atoms. The Morgan fingerprint density at radius 2 is 1.78 bits per heavy atom. The summed E-state index contributed by atoms with van der Waals surface area (Å²) in [7, 11) is 3.29. The van der Waals surface area contributed by atoms with Crippen molar-refractivity contribution in [3.8, 4) is 0 Å². The summed E-state index contributed by atoms with van der Waals surface area (Å²) in [4.78, 5) is 49.1. The van der Waals surface area contributed by atoms with Gasteiger partial charge in [0.1, 0.15) is 23.5 Å². The second kappa shape index (κ2) is 11.1. The van der Waals surface area contributed by atoms with Crippen molar-refractivity contribution >= 4 is 17.7 Å². The van der Waals surface area contributed by atoms with Crippen molar-refractivity contribution in [1.82, 2.24) is 20.1 Å². The number of nitrogens with one attached hydrogen (secondary N) is 1. The van der Waals surface area contributed by atoms with E-state index in [1.165, 1.54) is 15.4 Å². The van der Waals surface area contributed by atoms with E-state index in [1.807, 2.05) is 39.8 Å². The van der Waals surface area contributed by atoms with Gasteiger partial charge in [0.15, 0.2) is 11.9 Å². The fraction of sp³-hybridized carbons (Fsp3) is 0.586. The number of carbonyl (C=O) groups excluding carboxylic acids is 3. The first-order chi connectivity index (χ1) is 17.3. The van der Waals surface area contributed by atoms with E-state index in [1.54, 1.807) is 27.9 Å². The lowest BCUT2D eigenvalue weighted by Gasteiger charge is -2.47. The van der Waals surface area contributed by atoms with Crippen LogP contribution in [0.1, 0.15) is 75.6 Å². The molecule has 0 bridgehead atoms. The Bertz CT molecular complexity index is 1150. The molecule has 202 valence electrons. The zero-order valence-electron chi connectivity index (χ0n) is 23.7. The van der Waals surface area contributed by atoms with Crippen LogP contribution in [0.5, 0.6) is 0 Å². The zero-order valence-corrected chi connectivity index (χ0v) is 23.7. The molecular formula is C29H42N4O4. The van der Waals surface area contributed by atoms with Gasteiger partial charge in [0, 0.05) is 21.0 Å². The minimum atomic E-state index is -1.06. The summed E-state index contributed by atoms with van der Waals surface area (Å²) >= 11 is 0. The number of likely N-dealkylation sites (N-methyl/N-ethyl adjacent to an activating group) is 1. The van der Waals surface area contributed by atoms with Crippen molar-refractivity contribution in [3.63, 3.8) is 0 Å². The van der Waals surface area contributed by atoms with Gasteiger partial charge in [-0.1, -0.05) is 58.9 Å². The molecule has 1 aliphatic rings. The summed E-state index contributed by atoms with van der Waals surface area (Å²) in [5.74, 6) is 0.163. The molecule has 1 aromatic heterocycles. The number of piperazine rings is 1. The highest BCUT2D eigenvalue weighted by Gasteiger charge is 2.52. The molecular weight excluding hydrogens is 468 g/mol. The monoisotopic (exact) mass is 510 g/mol. The van der Waals surface area contributed by atoms with Crippen LogP contribution in [0.2, 0.25) is 0 Å². The molecule has 3 amide bonds. The van der Waals surface area contributed by atoms with Gasteiger partial charge in [0.25, 0.3) is 5.91 Å². The lowest BCUT2D eigenvalue weighted by Crippen LogP contribution is -2.69. The van der Waals surface area contributed by atoms with Crippen LogP contribution in [0.3, 0.4) is 0 Å². The molecule has 0 radical (unpaired) electrons. The smallest absolute Gasteiger partial charge is 0.251 e. The maximum Gasteiger partial charge on any atom is 0.251 e. The van der Waals surface area contributed by atoms with Gasteiger partial charge in [-0.15, -0.1) is 0 Å². The maximum atomic E-state index is 14.4. The van der Waals surface area contributed by atoms with Crippen LogP contribution in [0.15, 0.2) is 28.7 Å². The van der Waals surface area contributed by atoms with Crippen LogP contribution >= 0.6 is 0 Å². The number of nitrogens with zero attached hydrogens (tertiary/aromatic N) is 3. The fourth-order valence-electron chi connectivity index (χ4n) is 5.31. The van der Waals surface area contributed by atoms with Crippen LogP contribution in [0.25, 0.3) is 0 Å². The van der Waals surface area contributed by atoms with Crippen molar-refractivity contribution in [2.45, 2.75) is 85.9 Å².